The van der Waals surface area contributed by atoms with Gasteiger partial charge < -0.3 is 9.84 Å². The monoisotopic (exact) mass is 312 g/mol. The molecule has 1 rings (SSSR count). The van der Waals surface area contributed by atoms with Gasteiger partial charge in [-0.2, -0.15) is 13.2 Å². The van der Waals surface area contributed by atoms with Gasteiger partial charge in [0.15, 0.2) is 0 Å². The fourth-order valence-corrected chi connectivity index (χ4v) is 1.38. The molecule has 0 aliphatic carbocycles. The summed E-state index contributed by atoms with van der Waals surface area (Å²) >= 11 is 3.06. The molecule has 1 aromatic rings. The summed E-state index contributed by atoms with van der Waals surface area (Å²) < 4.78 is 40.9. The van der Waals surface area contributed by atoms with Gasteiger partial charge in [0.05, 0.1) is 23.1 Å². The Labute approximate surface area is 103 Å². The SMILES string of the molecule is O=C(O)c1ccc(Br)c(OCCC(F)(F)F)c1. The number of benzene rings is 1. The lowest BCUT2D eigenvalue weighted by molar-refractivity contribution is -0.139. The number of alkyl halides is 3. The molecular formula is C10H8BrF3O3. The second-order valence-electron chi connectivity index (χ2n) is 3.16. The number of carbonyl (C=O) groups is 1. The van der Waals surface area contributed by atoms with Gasteiger partial charge in [-0.15, -0.1) is 0 Å². The molecule has 1 N–H and O–H groups in total. The van der Waals surface area contributed by atoms with Gasteiger partial charge in [0.1, 0.15) is 5.75 Å². The molecule has 0 heterocycles. The number of hydrogen-bond donors (Lipinski definition) is 1. The molecule has 0 spiro atoms. The van der Waals surface area contributed by atoms with E-state index in [2.05, 4.69) is 15.9 Å². The predicted molar refractivity (Wildman–Crippen MR) is 57.3 cm³/mol. The highest BCUT2D eigenvalue weighted by Gasteiger charge is 2.27. The van der Waals surface area contributed by atoms with Crippen LogP contribution in [0.2, 0.25) is 0 Å². The lowest BCUT2D eigenvalue weighted by Gasteiger charge is -2.10. The van der Waals surface area contributed by atoms with E-state index in [-0.39, 0.29) is 11.3 Å². The van der Waals surface area contributed by atoms with Crippen molar-refractivity contribution >= 4 is 21.9 Å². The van der Waals surface area contributed by atoms with Gasteiger partial charge in [-0.25, -0.2) is 4.79 Å². The molecule has 0 atom stereocenters. The molecule has 0 aliphatic rings. The van der Waals surface area contributed by atoms with E-state index in [1.54, 1.807) is 0 Å². The lowest BCUT2D eigenvalue weighted by Crippen LogP contribution is -2.13. The predicted octanol–water partition coefficient (Wildman–Crippen LogP) is 3.48. The van der Waals surface area contributed by atoms with Crippen molar-refractivity contribution in [3.05, 3.63) is 28.2 Å². The van der Waals surface area contributed by atoms with Crippen LogP contribution in [-0.4, -0.2) is 23.9 Å². The van der Waals surface area contributed by atoms with Crippen LogP contribution in [-0.2, 0) is 0 Å². The number of aromatic carboxylic acids is 1. The third-order valence-electron chi connectivity index (χ3n) is 1.82. The standard InChI is InChI=1S/C10H8BrF3O3/c11-7-2-1-6(9(15)16)5-8(7)17-4-3-10(12,13)14/h1-2,5H,3-4H2,(H,15,16). The molecule has 0 unspecified atom stereocenters. The van der Waals surface area contributed by atoms with Gasteiger partial charge in [0, 0.05) is 0 Å². The van der Waals surface area contributed by atoms with Crippen molar-refractivity contribution < 1.29 is 27.8 Å². The van der Waals surface area contributed by atoms with Crippen LogP contribution in [0.5, 0.6) is 5.75 Å². The topological polar surface area (TPSA) is 46.5 Å². The van der Waals surface area contributed by atoms with Gasteiger partial charge in [-0.3, -0.25) is 0 Å². The minimum absolute atomic E-state index is 0.0461. The number of halogens is 4. The molecule has 0 saturated carbocycles. The summed E-state index contributed by atoms with van der Waals surface area (Å²) in [5.74, 6) is -1.09. The van der Waals surface area contributed by atoms with Gasteiger partial charge in [-0.1, -0.05) is 0 Å². The van der Waals surface area contributed by atoms with Crippen LogP contribution in [0.4, 0.5) is 13.2 Å². The van der Waals surface area contributed by atoms with Crippen LogP contribution in [0.25, 0.3) is 0 Å². The van der Waals surface area contributed by atoms with Crippen molar-refractivity contribution in [2.24, 2.45) is 0 Å². The molecule has 0 bridgehead atoms. The molecule has 3 nitrogen and oxygen atoms in total. The average molecular weight is 313 g/mol. The first kappa shape index (κ1) is 13.8. The molecule has 0 radical (unpaired) electrons. The van der Waals surface area contributed by atoms with Crippen LogP contribution in [0.1, 0.15) is 16.8 Å². The quantitative estimate of drug-likeness (QED) is 0.926. The highest BCUT2D eigenvalue weighted by atomic mass is 79.9. The van der Waals surface area contributed by atoms with E-state index in [1.807, 2.05) is 0 Å². The van der Waals surface area contributed by atoms with E-state index in [0.717, 1.165) is 0 Å². The molecule has 0 aromatic heterocycles. The first-order chi connectivity index (χ1) is 7.79. The van der Waals surface area contributed by atoms with E-state index >= 15 is 0 Å². The molecule has 0 amide bonds. The smallest absolute Gasteiger partial charge is 0.392 e. The third-order valence-corrected chi connectivity index (χ3v) is 2.48. The minimum Gasteiger partial charge on any atom is -0.492 e. The van der Waals surface area contributed by atoms with Crippen molar-refractivity contribution in [1.82, 2.24) is 0 Å². The minimum atomic E-state index is -4.29. The Hall–Kier alpha value is -1.24. The van der Waals surface area contributed by atoms with Crippen molar-refractivity contribution in [2.75, 3.05) is 6.61 Å². The summed E-state index contributed by atoms with van der Waals surface area (Å²) in [5.41, 5.74) is -0.0461. The summed E-state index contributed by atoms with van der Waals surface area (Å²) in [5, 5.41) is 8.70. The van der Waals surface area contributed by atoms with Crippen molar-refractivity contribution in [3.63, 3.8) is 0 Å². The molecule has 0 saturated heterocycles. The maximum Gasteiger partial charge on any atom is 0.392 e. The second kappa shape index (κ2) is 5.39. The average Bonchev–Trinajstić information content (AvgIpc) is 2.18. The largest absolute Gasteiger partial charge is 0.492 e. The maximum absolute atomic E-state index is 11.9. The Kier molecular flexibility index (Phi) is 4.39. The molecular weight excluding hydrogens is 305 g/mol. The third kappa shape index (κ3) is 4.64. The normalized spacial score (nSPS) is 11.3. The summed E-state index contributed by atoms with van der Waals surface area (Å²) in [4.78, 5) is 10.6. The van der Waals surface area contributed by atoms with Crippen molar-refractivity contribution in [3.8, 4) is 5.75 Å². The van der Waals surface area contributed by atoms with E-state index in [1.165, 1.54) is 18.2 Å². The Morgan fingerprint density at radius 3 is 2.59 bits per heavy atom. The van der Waals surface area contributed by atoms with Gasteiger partial charge in [-0.05, 0) is 34.1 Å². The molecule has 17 heavy (non-hydrogen) atoms. The zero-order valence-electron chi connectivity index (χ0n) is 8.42. The summed E-state index contributed by atoms with van der Waals surface area (Å²) in [6.45, 7) is -0.550. The van der Waals surface area contributed by atoms with Crippen LogP contribution >= 0.6 is 15.9 Å². The summed E-state index contributed by atoms with van der Waals surface area (Å²) in [6.07, 6.45) is -5.38. The van der Waals surface area contributed by atoms with Crippen LogP contribution in [0, 0.1) is 0 Å². The van der Waals surface area contributed by atoms with Crippen molar-refractivity contribution in [2.45, 2.75) is 12.6 Å². The Morgan fingerprint density at radius 1 is 1.41 bits per heavy atom. The fraction of sp³-hybridized carbons (Fsp3) is 0.300. The Morgan fingerprint density at radius 2 is 2.06 bits per heavy atom. The molecule has 0 aliphatic heterocycles. The van der Waals surface area contributed by atoms with E-state index in [0.29, 0.717) is 4.47 Å². The van der Waals surface area contributed by atoms with E-state index in [4.69, 9.17) is 9.84 Å². The highest BCUT2D eigenvalue weighted by Crippen LogP contribution is 2.27. The van der Waals surface area contributed by atoms with E-state index in [9.17, 15) is 18.0 Å². The second-order valence-corrected chi connectivity index (χ2v) is 4.02. The highest BCUT2D eigenvalue weighted by molar-refractivity contribution is 9.10. The van der Waals surface area contributed by atoms with Crippen LogP contribution < -0.4 is 4.74 Å². The van der Waals surface area contributed by atoms with Gasteiger partial charge >= 0.3 is 12.1 Å². The fourth-order valence-electron chi connectivity index (χ4n) is 1.02. The number of ether oxygens (including phenoxy) is 1. The van der Waals surface area contributed by atoms with Crippen LogP contribution in [0.15, 0.2) is 22.7 Å². The molecule has 1 aromatic carbocycles. The van der Waals surface area contributed by atoms with E-state index < -0.39 is 25.2 Å². The first-order valence-corrected chi connectivity index (χ1v) is 5.31. The zero-order valence-corrected chi connectivity index (χ0v) is 10.0. The number of carboxylic acids is 1. The maximum atomic E-state index is 11.9. The summed E-state index contributed by atoms with van der Waals surface area (Å²) in [6, 6.07) is 3.90. The Balaban J connectivity index is 2.70. The number of carboxylic acid groups (broad SMARTS) is 1. The Bertz CT molecular complexity index is 418. The van der Waals surface area contributed by atoms with Crippen LogP contribution in [0.3, 0.4) is 0 Å². The van der Waals surface area contributed by atoms with Crippen molar-refractivity contribution in [1.29, 1.82) is 0 Å². The number of hydrogen-bond acceptors (Lipinski definition) is 2. The number of rotatable bonds is 4. The van der Waals surface area contributed by atoms with Gasteiger partial charge in [0.25, 0.3) is 0 Å². The molecule has 0 fully saturated rings. The molecule has 7 heteroatoms. The summed E-state index contributed by atoms with van der Waals surface area (Å²) in [7, 11) is 0. The van der Waals surface area contributed by atoms with Gasteiger partial charge in [0.2, 0.25) is 0 Å². The first-order valence-electron chi connectivity index (χ1n) is 4.52. The zero-order chi connectivity index (χ0) is 13.1. The lowest BCUT2D eigenvalue weighted by atomic mass is 10.2. The molecule has 94 valence electrons.